The van der Waals surface area contributed by atoms with E-state index in [1.807, 2.05) is 35.7 Å². The number of methoxy groups -OCH3 is 1. The van der Waals surface area contributed by atoms with Crippen molar-refractivity contribution in [2.24, 2.45) is 0 Å². The minimum atomic E-state index is 0. The molecule has 0 unspecified atom stereocenters. The first-order valence-electron chi connectivity index (χ1n) is 8.68. The third-order valence-corrected chi connectivity index (χ3v) is 6.24. The number of anilines is 1. The van der Waals surface area contributed by atoms with E-state index in [1.54, 1.807) is 23.3 Å². The molecular formula is C19H24ClN3O2S2. The first kappa shape index (κ1) is 21.6. The summed E-state index contributed by atoms with van der Waals surface area (Å²) < 4.78 is 6.33. The molecule has 5 nitrogen and oxygen atoms in total. The molecule has 3 aromatic rings. The number of carbonyl (C=O) groups is 1. The van der Waals surface area contributed by atoms with Gasteiger partial charge in [-0.3, -0.25) is 9.69 Å². The summed E-state index contributed by atoms with van der Waals surface area (Å²) in [6.07, 6.45) is 0. The van der Waals surface area contributed by atoms with Gasteiger partial charge < -0.3 is 9.64 Å². The summed E-state index contributed by atoms with van der Waals surface area (Å²) in [5, 5.41) is 2.66. The summed E-state index contributed by atoms with van der Waals surface area (Å²) in [5.41, 5.74) is 0.858. The molecule has 0 radical (unpaired) electrons. The maximum Gasteiger partial charge on any atom is 0.270 e. The van der Waals surface area contributed by atoms with Crippen molar-refractivity contribution in [1.29, 1.82) is 0 Å². The van der Waals surface area contributed by atoms with Gasteiger partial charge in [-0.25, -0.2) is 4.98 Å². The van der Waals surface area contributed by atoms with Crippen LogP contribution in [0.25, 0.3) is 10.2 Å². The number of thiazole rings is 1. The van der Waals surface area contributed by atoms with Crippen molar-refractivity contribution in [2.45, 2.75) is 13.8 Å². The molecular weight excluding hydrogens is 402 g/mol. The van der Waals surface area contributed by atoms with Crippen molar-refractivity contribution in [3.63, 3.8) is 0 Å². The van der Waals surface area contributed by atoms with Crippen LogP contribution in [0.2, 0.25) is 0 Å². The second-order valence-corrected chi connectivity index (χ2v) is 7.75. The zero-order chi connectivity index (χ0) is 18.5. The number of likely N-dealkylation sites (N-methyl/N-ethyl adjacent to an activating group) is 1. The number of halogens is 1. The number of ether oxygens (including phenoxy) is 1. The first-order chi connectivity index (χ1) is 12.7. The lowest BCUT2D eigenvalue weighted by molar-refractivity contribution is 0.0987. The zero-order valence-corrected chi connectivity index (χ0v) is 18.1. The highest BCUT2D eigenvalue weighted by Crippen LogP contribution is 2.32. The van der Waals surface area contributed by atoms with E-state index in [-0.39, 0.29) is 18.3 Å². The summed E-state index contributed by atoms with van der Waals surface area (Å²) >= 11 is 3.01. The minimum absolute atomic E-state index is 0. The fraction of sp³-hybridized carbons (Fsp3) is 0.368. The number of benzene rings is 1. The van der Waals surface area contributed by atoms with E-state index in [4.69, 9.17) is 9.72 Å². The van der Waals surface area contributed by atoms with E-state index < -0.39 is 0 Å². The number of hydrogen-bond donors (Lipinski definition) is 0. The number of carbonyl (C=O) groups excluding carboxylic acids is 1. The molecule has 2 heterocycles. The Labute approximate surface area is 174 Å². The van der Waals surface area contributed by atoms with Crippen LogP contribution >= 0.6 is 35.1 Å². The number of hydrogen-bond acceptors (Lipinski definition) is 6. The fourth-order valence-electron chi connectivity index (χ4n) is 2.74. The molecule has 146 valence electrons. The molecule has 0 bridgehead atoms. The topological polar surface area (TPSA) is 45.7 Å². The fourth-order valence-corrected chi connectivity index (χ4v) is 4.38. The van der Waals surface area contributed by atoms with Gasteiger partial charge >= 0.3 is 0 Å². The minimum Gasteiger partial charge on any atom is -0.497 e. The molecule has 0 N–H and O–H groups in total. The van der Waals surface area contributed by atoms with Crippen LogP contribution in [0.3, 0.4) is 0 Å². The second kappa shape index (κ2) is 10.0. The molecule has 0 saturated carbocycles. The molecule has 0 aliphatic rings. The third-order valence-electron chi connectivity index (χ3n) is 4.33. The lowest BCUT2D eigenvalue weighted by atomic mass is 10.3. The molecule has 0 saturated heterocycles. The number of fused-ring (bicyclic) bond motifs is 1. The molecule has 1 amide bonds. The lowest BCUT2D eigenvalue weighted by Crippen LogP contribution is -2.38. The van der Waals surface area contributed by atoms with Crippen molar-refractivity contribution in [2.75, 3.05) is 38.2 Å². The van der Waals surface area contributed by atoms with Crippen LogP contribution in [0.15, 0.2) is 35.7 Å². The lowest BCUT2D eigenvalue weighted by Gasteiger charge is -2.24. The normalized spacial score (nSPS) is 10.8. The second-order valence-electron chi connectivity index (χ2n) is 5.79. The Morgan fingerprint density at radius 1 is 1.19 bits per heavy atom. The van der Waals surface area contributed by atoms with Crippen molar-refractivity contribution >= 4 is 56.3 Å². The van der Waals surface area contributed by atoms with Crippen LogP contribution in [0.4, 0.5) is 5.13 Å². The van der Waals surface area contributed by atoms with Gasteiger partial charge in [-0.05, 0) is 36.7 Å². The van der Waals surface area contributed by atoms with Crippen LogP contribution in [0.5, 0.6) is 5.75 Å². The predicted molar refractivity (Wildman–Crippen MR) is 117 cm³/mol. The largest absolute Gasteiger partial charge is 0.497 e. The van der Waals surface area contributed by atoms with E-state index >= 15 is 0 Å². The van der Waals surface area contributed by atoms with E-state index in [9.17, 15) is 4.79 Å². The highest BCUT2D eigenvalue weighted by Gasteiger charge is 2.22. The molecule has 0 spiro atoms. The predicted octanol–water partition coefficient (Wildman–Crippen LogP) is 4.78. The molecule has 0 atom stereocenters. The van der Waals surface area contributed by atoms with E-state index in [0.29, 0.717) is 6.54 Å². The van der Waals surface area contributed by atoms with Gasteiger partial charge in [0.15, 0.2) is 5.13 Å². The van der Waals surface area contributed by atoms with Gasteiger partial charge in [0, 0.05) is 19.2 Å². The molecule has 8 heteroatoms. The standard InChI is InChI=1S/C19H23N3O2S2.ClH/c1-4-21(5-2)10-11-22(18(23)17-7-6-12-25-17)19-20-15-13-14(24-3)8-9-16(15)26-19;/h6-9,12-13H,4-5,10-11H2,1-3H3;1H. The summed E-state index contributed by atoms with van der Waals surface area (Å²) in [6.45, 7) is 7.65. The van der Waals surface area contributed by atoms with E-state index in [0.717, 1.165) is 45.6 Å². The quantitative estimate of drug-likeness (QED) is 0.521. The molecule has 2 aromatic heterocycles. The monoisotopic (exact) mass is 425 g/mol. The van der Waals surface area contributed by atoms with Crippen molar-refractivity contribution in [3.05, 3.63) is 40.6 Å². The van der Waals surface area contributed by atoms with Gasteiger partial charge in [0.05, 0.1) is 22.2 Å². The Kier molecular flexibility index (Phi) is 8.04. The SMILES string of the molecule is CCN(CC)CCN(C(=O)c1cccs1)c1nc2cc(OC)ccc2s1.Cl. The maximum atomic E-state index is 13.1. The van der Waals surface area contributed by atoms with Crippen LogP contribution in [-0.4, -0.2) is 49.1 Å². The highest BCUT2D eigenvalue weighted by atomic mass is 35.5. The van der Waals surface area contributed by atoms with Gasteiger partial charge in [-0.2, -0.15) is 0 Å². The molecule has 0 aliphatic heterocycles. The van der Waals surface area contributed by atoms with Crippen LogP contribution in [0, 0.1) is 0 Å². The van der Waals surface area contributed by atoms with Crippen molar-refractivity contribution < 1.29 is 9.53 Å². The van der Waals surface area contributed by atoms with Crippen molar-refractivity contribution in [3.8, 4) is 5.75 Å². The van der Waals surface area contributed by atoms with E-state index in [1.165, 1.54) is 11.3 Å². The molecule has 1 aromatic carbocycles. The van der Waals surface area contributed by atoms with E-state index in [2.05, 4.69) is 18.7 Å². The average Bonchev–Trinajstić information content (AvgIpc) is 3.33. The number of thiophene rings is 1. The third kappa shape index (κ3) is 4.99. The number of rotatable bonds is 8. The smallest absolute Gasteiger partial charge is 0.270 e. The van der Waals surface area contributed by atoms with Gasteiger partial charge in [0.25, 0.3) is 5.91 Å². The summed E-state index contributed by atoms with van der Waals surface area (Å²) in [4.78, 5) is 22.6. The molecule has 0 fully saturated rings. The van der Waals surface area contributed by atoms with Gasteiger partial charge in [-0.15, -0.1) is 23.7 Å². The highest BCUT2D eigenvalue weighted by molar-refractivity contribution is 7.22. The van der Waals surface area contributed by atoms with Crippen LogP contribution in [-0.2, 0) is 0 Å². The average molecular weight is 426 g/mol. The zero-order valence-electron chi connectivity index (χ0n) is 15.7. The van der Waals surface area contributed by atoms with Crippen molar-refractivity contribution in [1.82, 2.24) is 9.88 Å². The van der Waals surface area contributed by atoms with Crippen LogP contribution < -0.4 is 9.64 Å². The Hall–Kier alpha value is -1.67. The Balaban J connectivity index is 0.00000261. The maximum absolute atomic E-state index is 13.1. The van der Waals surface area contributed by atoms with Gasteiger partial charge in [-0.1, -0.05) is 31.3 Å². The number of nitrogens with zero attached hydrogens (tertiary/aromatic N) is 3. The molecule has 0 aliphatic carbocycles. The van der Waals surface area contributed by atoms with Crippen LogP contribution in [0.1, 0.15) is 23.5 Å². The number of amides is 1. The molecule has 3 rings (SSSR count). The molecule has 27 heavy (non-hydrogen) atoms. The Morgan fingerprint density at radius 2 is 1.96 bits per heavy atom. The Bertz CT molecular complexity index is 863. The Morgan fingerprint density at radius 3 is 2.59 bits per heavy atom. The first-order valence-corrected chi connectivity index (χ1v) is 10.4. The number of aromatic nitrogens is 1. The van der Waals surface area contributed by atoms with Gasteiger partial charge in [0.1, 0.15) is 5.75 Å². The summed E-state index contributed by atoms with van der Waals surface area (Å²) in [6, 6.07) is 9.60. The van der Waals surface area contributed by atoms with Gasteiger partial charge in [0.2, 0.25) is 0 Å². The summed E-state index contributed by atoms with van der Waals surface area (Å²) in [5.74, 6) is 0.784. The summed E-state index contributed by atoms with van der Waals surface area (Å²) in [7, 11) is 1.64.